The lowest BCUT2D eigenvalue weighted by Gasteiger charge is -2.27. The molecule has 8 heteroatoms. The zero-order chi connectivity index (χ0) is 16.3. The summed E-state index contributed by atoms with van der Waals surface area (Å²) in [5, 5.41) is 6.51. The van der Waals surface area contributed by atoms with Gasteiger partial charge in [0.1, 0.15) is 5.69 Å². The van der Waals surface area contributed by atoms with Crippen LogP contribution in [0.15, 0.2) is 23.6 Å². The zero-order valence-electron chi connectivity index (χ0n) is 12.7. The Morgan fingerprint density at radius 3 is 2.65 bits per heavy atom. The highest BCUT2D eigenvalue weighted by Gasteiger charge is 2.25. The highest BCUT2D eigenvalue weighted by Crippen LogP contribution is 2.28. The fourth-order valence-corrected chi connectivity index (χ4v) is 3.05. The lowest BCUT2D eigenvalue weighted by Crippen LogP contribution is -2.41. The Kier molecular flexibility index (Phi) is 7.29. The van der Waals surface area contributed by atoms with Crippen LogP contribution in [0.5, 0.6) is 0 Å². The molecular formula is C15H18Cl3N3OS. The van der Waals surface area contributed by atoms with Gasteiger partial charge in [-0.25, -0.2) is 4.98 Å². The number of aromatic nitrogens is 1. The molecule has 4 nitrogen and oxygen atoms in total. The van der Waals surface area contributed by atoms with E-state index >= 15 is 0 Å². The molecule has 23 heavy (non-hydrogen) atoms. The van der Waals surface area contributed by atoms with Crippen LogP contribution in [-0.4, -0.2) is 17.4 Å². The van der Waals surface area contributed by atoms with Crippen molar-refractivity contribution in [3.63, 3.8) is 0 Å². The summed E-state index contributed by atoms with van der Waals surface area (Å²) < 4.78 is 0. The zero-order valence-corrected chi connectivity index (χ0v) is 15.9. The Bertz CT molecular complexity index is 688. The fraction of sp³-hybridized carbons (Fsp3) is 0.333. The first kappa shape index (κ1) is 20.2. The number of hydrogen-bond donors (Lipinski definition) is 2. The number of amides is 1. The molecule has 2 rings (SSSR count). The maximum Gasteiger partial charge on any atom is 0.271 e. The van der Waals surface area contributed by atoms with Crippen molar-refractivity contribution in [2.75, 3.05) is 6.54 Å². The lowest BCUT2D eigenvalue weighted by atomic mass is 9.94. The predicted octanol–water partition coefficient (Wildman–Crippen LogP) is 4.04. The summed E-state index contributed by atoms with van der Waals surface area (Å²) in [6.45, 7) is 4.32. The molecule has 0 saturated heterocycles. The number of nitrogens with one attached hydrogen (secondary N) is 1. The van der Waals surface area contributed by atoms with Gasteiger partial charge in [-0.1, -0.05) is 29.3 Å². The van der Waals surface area contributed by atoms with Crippen molar-refractivity contribution in [2.45, 2.75) is 25.8 Å². The van der Waals surface area contributed by atoms with E-state index in [9.17, 15) is 4.79 Å². The van der Waals surface area contributed by atoms with Crippen molar-refractivity contribution in [3.8, 4) is 0 Å². The van der Waals surface area contributed by atoms with Gasteiger partial charge < -0.3 is 11.1 Å². The summed E-state index contributed by atoms with van der Waals surface area (Å²) in [6, 6.07) is 5.32. The molecule has 0 spiro atoms. The standard InChI is InChI=1S/C15H17Cl2N3OS.ClH/c1-15(2,9-3-4-10(16)11(17)7-9)20-14(21)12-8-22-13(19-12)5-6-18;/h3-4,7-8H,5-6,18H2,1-2H3,(H,20,21);1H. The van der Waals surface area contributed by atoms with E-state index in [2.05, 4.69) is 10.3 Å². The van der Waals surface area contributed by atoms with E-state index in [1.54, 1.807) is 17.5 Å². The molecule has 1 aromatic heterocycles. The van der Waals surface area contributed by atoms with E-state index in [1.807, 2.05) is 19.9 Å². The molecule has 0 unspecified atom stereocenters. The number of rotatable bonds is 5. The van der Waals surface area contributed by atoms with E-state index in [0.29, 0.717) is 28.7 Å². The third-order valence-corrected chi connectivity index (χ3v) is 4.86. The third-order valence-electron chi connectivity index (χ3n) is 3.21. The number of benzene rings is 1. The maximum absolute atomic E-state index is 12.3. The van der Waals surface area contributed by atoms with Crippen molar-refractivity contribution >= 4 is 52.9 Å². The monoisotopic (exact) mass is 393 g/mol. The highest BCUT2D eigenvalue weighted by atomic mass is 35.5. The average molecular weight is 395 g/mol. The van der Waals surface area contributed by atoms with Gasteiger partial charge >= 0.3 is 0 Å². The average Bonchev–Trinajstić information content (AvgIpc) is 2.90. The molecular weight excluding hydrogens is 377 g/mol. The van der Waals surface area contributed by atoms with Crippen LogP contribution in [0.1, 0.15) is 34.9 Å². The van der Waals surface area contributed by atoms with Crippen molar-refractivity contribution in [2.24, 2.45) is 5.73 Å². The second kappa shape index (κ2) is 8.31. The van der Waals surface area contributed by atoms with E-state index in [1.165, 1.54) is 11.3 Å². The Balaban J connectivity index is 0.00000264. The van der Waals surface area contributed by atoms with E-state index < -0.39 is 5.54 Å². The molecule has 2 aromatic rings. The molecule has 1 heterocycles. The number of nitrogens with zero attached hydrogens (tertiary/aromatic N) is 1. The second-order valence-electron chi connectivity index (χ2n) is 5.37. The van der Waals surface area contributed by atoms with Crippen LogP contribution in [0.4, 0.5) is 0 Å². The van der Waals surface area contributed by atoms with Gasteiger partial charge in [0.15, 0.2) is 0 Å². The van der Waals surface area contributed by atoms with E-state index in [-0.39, 0.29) is 18.3 Å². The largest absolute Gasteiger partial charge is 0.342 e. The Morgan fingerprint density at radius 1 is 1.35 bits per heavy atom. The molecule has 0 atom stereocenters. The normalized spacial score (nSPS) is 11.0. The molecule has 0 aliphatic carbocycles. The number of thiazole rings is 1. The van der Waals surface area contributed by atoms with Gasteiger partial charge in [-0.3, -0.25) is 4.79 Å². The Hall–Kier alpha value is -0.850. The lowest BCUT2D eigenvalue weighted by molar-refractivity contribution is 0.0907. The molecule has 0 radical (unpaired) electrons. The molecule has 0 aliphatic rings. The second-order valence-corrected chi connectivity index (χ2v) is 7.13. The third kappa shape index (κ3) is 5.06. The summed E-state index contributed by atoms with van der Waals surface area (Å²) in [4.78, 5) is 16.6. The number of hydrogen-bond acceptors (Lipinski definition) is 4. The van der Waals surface area contributed by atoms with Gasteiger partial charge in [0.25, 0.3) is 5.91 Å². The van der Waals surface area contributed by atoms with Gasteiger partial charge in [0.05, 0.1) is 20.6 Å². The van der Waals surface area contributed by atoms with Crippen LogP contribution in [-0.2, 0) is 12.0 Å². The van der Waals surface area contributed by atoms with Gasteiger partial charge in [0.2, 0.25) is 0 Å². The summed E-state index contributed by atoms with van der Waals surface area (Å²) in [7, 11) is 0. The molecule has 0 bridgehead atoms. The topological polar surface area (TPSA) is 68.0 Å². The van der Waals surface area contributed by atoms with Gasteiger partial charge in [-0.05, 0) is 38.1 Å². The summed E-state index contributed by atoms with van der Waals surface area (Å²) >= 11 is 13.4. The first-order chi connectivity index (χ1) is 10.3. The number of nitrogens with two attached hydrogens (primary N) is 1. The Morgan fingerprint density at radius 2 is 2.04 bits per heavy atom. The quantitative estimate of drug-likeness (QED) is 0.804. The van der Waals surface area contributed by atoms with Crippen LogP contribution in [0, 0.1) is 0 Å². The minimum absolute atomic E-state index is 0. The minimum Gasteiger partial charge on any atom is -0.342 e. The predicted molar refractivity (Wildman–Crippen MR) is 99.1 cm³/mol. The van der Waals surface area contributed by atoms with Crippen molar-refractivity contribution in [1.82, 2.24) is 10.3 Å². The molecule has 0 saturated carbocycles. The molecule has 126 valence electrons. The molecule has 1 aromatic carbocycles. The van der Waals surface area contributed by atoms with Crippen LogP contribution >= 0.6 is 46.9 Å². The first-order valence-electron chi connectivity index (χ1n) is 6.76. The molecule has 0 aliphatic heterocycles. The van der Waals surface area contributed by atoms with Gasteiger partial charge in [-0.15, -0.1) is 23.7 Å². The van der Waals surface area contributed by atoms with Crippen LogP contribution in [0.3, 0.4) is 0 Å². The fourth-order valence-electron chi connectivity index (χ4n) is 1.96. The van der Waals surface area contributed by atoms with Crippen LogP contribution < -0.4 is 11.1 Å². The van der Waals surface area contributed by atoms with Crippen molar-refractivity contribution < 1.29 is 4.79 Å². The van der Waals surface area contributed by atoms with E-state index in [4.69, 9.17) is 28.9 Å². The van der Waals surface area contributed by atoms with Crippen LogP contribution in [0.25, 0.3) is 0 Å². The first-order valence-corrected chi connectivity index (χ1v) is 8.39. The summed E-state index contributed by atoms with van der Waals surface area (Å²) in [6.07, 6.45) is 0.675. The minimum atomic E-state index is -0.594. The van der Waals surface area contributed by atoms with Crippen LogP contribution in [0.2, 0.25) is 10.0 Å². The molecule has 1 amide bonds. The van der Waals surface area contributed by atoms with Gasteiger partial charge in [-0.2, -0.15) is 0 Å². The Labute approximate surface area is 155 Å². The number of carbonyl (C=O) groups is 1. The highest BCUT2D eigenvalue weighted by molar-refractivity contribution is 7.09. The van der Waals surface area contributed by atoms with Crippen molar-refractivity contribution in [1.29, 1.82) is 0 Å². The summed E-state index contributed by atoms with van der Waals surface area (Å²) in [5.41, 5.74) is 6.17. The number of carbonyl (C=O) groups excluding carboxylic acids is 1. The van der Waals surface area contributed by atoms with Gasteiger partial charge in [0, 0.05) is 11.8 Å². The molecule has 3 N–H and O–H groups in total. The summed E-state index contributed by atoms with van der Waals surface area (Å²) in [5.74, 6) is -0.226. The van der Waals surface area contributed by atoms with Crippen molar-refractivity contribution in [3.05, 3.63) is 49.9 Å². The van der Waals surface area contributed by atoms with E-state index in [0.717, 1.165) is 10.6 Å². The number of halogens is 3. The molecule has 0 fully saturated rings. The maximum atomic E-state index is 12.3. The SMILES string of the molecule is CC(C)(NC(=O)c1csc(CCN)n1)c1ccc(Cl)c(Cl)c1.Cl. The smallest absolute Gasteiger partial charge is 0.271 e.